The van der Waals surface area contributed by atoms with Crippen molar-refractivity contribution in [1.82, 2.24) is 14.4 Å². The van der Waals surface area contributed by atoms with Gasteiger partial charge in [-0.25, -0.2) is 0 Å². The van der Waals surface area contributed by atoms with Crippen LogP contribution in [0.25, 0.3) is 10.9 Å². The van der Waals surface area contributed by atoms with Crippen molar-refractivity contribution in [2.24, 2.45) is 0 Å². The van der Waals surface area contributed by atoms with Gasteiger partial charge >= 0.3 is 254 Å². The van der Waals surface area contributed by atoms with E-state index < -0.39 is 71.1 Å². The van der Waals surface area contributed by atoms with Gasteiger partial charge in [-0.2, -0.15) is 0 Å². The van der Waals surface area contributed by atoms with Crippen LogP contribution in [0.3, 0.4) is 0 Å². The van der Waals surface area contributed by atoms with Crippen molar-refractivity contribution >= 4 is 41.3 Å². The number of rotatable bonds is 4. The van der Waals surface area contributed by atoms with Gasteiger partial charge in [-0.3, -0.25) is 0 Å². The normalized spacial score (nSPS) is 19.4. The van der Waals surface area contributed by atoms with Gasteiger partial charge in [0.1, 0.15) is 0 Å². The molecule has 2 aliphatic heterocycles. The SMILES string of the molecule is CC(C)(C)OC(=O)n1cc(CC2CN3C=[C]([Sn]([CH3])([CH3])[CH3])CCC3CN2C(=O)c2cc(C(F)(F)F)cc(C(F)(F)F)c2)c2ccccc21. The summed E-state index contributed by atoms with van der Waals surface area (Å²) >= 11 is -2.46. The molecule has 0 radical (unpaired) electrons. The van der Waals surface area contributed by atoms with Gasteiger partial charge in [0.2, 0.25) is 0 Å². The van der Waals surface area contributed by atoms with Gasteiger partial charge in [0.25, 0.3) is 0 Å². The van der Waals surface area contributed by atoms with Crippen LogP contribution in [-0.4, -0.2) is 75.5 Å². The van der Waals surface area contributed by atoms with Gasteiger partial charge in [0, 0.05) is 0 Å². The number of halogens is 6. The number of carbonyl (C=O) groups excluding carboxylic acids is 2. The summed E-state index contributed by atoms with van der Waals surface area (Å²) in [5.41, 5.74) is -3.22. The molecule has 0 N–H and O–H groups in total. The Morgan fingerprint density at radius 2 is 1.53 bits per heavy atom. The number of carbonyl (C=O) groups is 2. The molecule has 6 nitrogen and oxygen atoms in total. The minimum atomic E-state index is -5.08. The summed E-state index contributed by atoms with van der Waals surface area (Å²) in [4.78, 5) is 37.8. The number of benzene rings is 2. The summed E-state index contributed by atoms with van der Waals surface area (Å²) in [5, 5.41) is 0.729. The Morgan fingerprint density at radius 3 is 2.11 bits per heavy atom. The average Bonchev–Trinajstić information content (AvgIpc) is 3.32. The molecule has 3 heterocycles. The molecule has 254 valence electrons. The number of piperazine rings is 1. The Kier molecular flexibility index (Phi) is 9.26. The van der Waals surface area contributed by atoms with E-state index in [1.807, 2.05) is 12.1 Å². The van der Waals surface area contributed by atoms with E-state index >= 15 is 0 Å². The third-order valence-electron chi connectivity index (χ3n) is 8.71. The number of alkyl halides is 6. The number of amides is 1. The first kappa shape index (κ1) is 35.2. The number of para-hydroxylation sites is 1. The molecule has 0 saturated carbocycles. The molecule has 2 aromatic carbocycles. The molecule has 3 aromatic rings. The van der Waals surface area contributed by atoms with E-state index in [2.05, 4.69) is 25.9 Å². The van der Waals surface area contributed by atoms with Crippen LogP contribution in [0.1, 0.15) is 60.7 Å². The van der Waals surface area contributed by atoms with E-state index in [1.165, 1.54) is 13.1 Å². The number of nitrogens with zero attached hydrogens (tertiary/aromatic N) is 3. The number of aromatic nitrogens is 1. The van der Waals surface area contributed by atoms with Gasteiger partial charge in [0.05, 0.1) is 0 Å². The quantitative estimate of drug-likeness (QED) is 0.197. The summed E-state index contributed by atoms with van der Waals surface area (Å²) in [7, 11) is 0. The second kappa shape index (κ2) is 12.4. The number of allylic oxidation sites excluding steroid dienone is 1. The van der Waals surface area contributed by atoms with Crippen molar-refractivity contribution in [3.8, 4) is 0 Å². The maximum absolute atomic E-state index is 14.1. The van der Waals surface area contributed by atoms with Crippen LogP contribution in [0.4, 0.5) is 31.1 Å². The van der Waals surface area contributed by atoms with Crippen LogP contribution in [0, 0.1) is 0 Å². The molecule has 0 aliphatic carbocycles. The van der Waals surface area contributed by atoms with Gasteiger partial charge in [-0.05, 0) is 20.8 Å². The number of hydrogen-bond donors (Lipinski definition) is 0. The second-order valence-electron chi connectivity index (χ2n) is 14.4. The van der Waals surface area contributed by atoms with Crippen LogP contribution < -0.4 is 0 Å². The molecule has 0 bridgehead atoms. The zero-order valence-corrected chi connectivity index (χ0v) is 30.1. The maximum atomic E-state index is 14.1. The number of ether oxygens (including phenoxy) is 1. The monoisotopic (exact) mass is 771 g/mol. The molecule has 1 saturated heterocycles. The molecule has 1 aromatic heterocycles. The van der Waals surface area contributed by atoms with E-state index in [0.717, 1.165) is 18.2 Å². The Labute approximate surface area is 274 Å². The predicted octanol–water partition coefficient (Wildman–Crippen LogP) is 8.75. The topological polar surface area (TPSA) is 54.8 Å². The molecular weight excluding hydrogens is 731 g/mol. The number of fused-ring (bicyclic) bond motifs is 2. The second-order valence-corrected chi connectivity index (χ2v) is 29.1. The van der Waals surface area contributed by atoms with Crippen molar-refractivity contribution in [1.29, 1.82) is 0 Å². The molecule has 0 spiro atoms. The molecule has 2 unspecified atom stereocenters. The van der Waals surface area contributed by atoms with E-state index in [0.29, 0.717) is 29.8 Å². The average molecular weight is 770 g/mol. The molecule has 5 rings (SSSR count). The molecule has 2 aliphatic rings. The summed E-state index contributed by atoms with van der Waals surface area (Å²) in [5.74, 6) is -0.896. The summed E-state index contributed by atoms with van der Waals surface area (Å²) in [6.45, 7) is 5.72. The Bertz CT molecular complexity index is 1680. The summed E-state index contributed by atoms with van der Waals surface area (Å²) < 4.78 is 90.9. The third kappa shape index (κ3) is 7.78. The van der Waals surface area contributed by atoms with Crippen LogP contribution in [0.5, 0.6) is 0 Å². The van der Waals surface area contributed by atoms with Crippen molar-refractivity contribution in [2.45, 2.75) is 84.9 Å². The first-order valence-corrected chi connectivity index (χ1v) is 25.5. The van der Waals surface area contributed by atoms with Gasteiger partial charge in [0.15, 0.2) is 0 Å². The zero-order valence-electron chi connectivity index (χ0n) is 27.2. The fourth-order valence-electron chi connectivity index (χ4n) is 6.34. The Hall–Kier alpha value is -3.16. The fourth-order valence-corrected chi connectivity index (χ4v) is 10.5. The molecular formula is C34H39F6N3O3Sn. The molecule has 47 heavy (non-hydrogen) atoms. The first-order valence-electron chi connectivity index (χ1n) is 15.5. The minimum absolute atomic E-state index is 0.0313. The standard InChI is InChI=1S/C31H30F6N3O3.3CH3.Sn/c1-29(2,3)43-28(42)40-16-20(25-9-4-5-10-26(25)40)14-24-17-38-11-7-6-8-23(38)18-39(24)27(41)19-12-21(30(32,33)34)15-22(13-19)31(35,36)37;;;;/h4-5,9-13,15-16,23-24H,6,8,14,17-18H2,1-3H3;3*1H3;. The van der Waals surface area contributed by atoms with Crippen LogP contribution >= 0.6 is 0 Å². The summed E-state index contributed by atoms with van der Waals surface area (Å²) in [6.07, 6.45) is -5.16. The van der Waals surface area contributed by atoms with Gasteiger partial charge in [-0.15, -0.1) is 0 Å². The van der Waals surface area contributed by atoms with Crippen molar-refractivity contribution in [3.63, 3.8) is 0 Å². The molecule has 2 atom stereocenters. The Morgan fingerprint density at radius 1 is 0.915 bits per heavy atom. The molecule has 1 fully saturated rings. The molecule has 1 amide bonds. The fraction of sp³-hybridized carbons (Fsp3) is 0.471. The van der Waals surface area contributed by atoms with Crippen LogP contribution in [0.2, 0.25) is 14.8 Å². The van der Waals surface area contributed by atoms with Crippen molar-refractivity contribution < 1.29 is 40.7 Å². The van der Waals surface area contributed by atoms with Crippen molar-refractivity contribution in [3.05, 3.63) is 80.7 Å². The zero-order chi connectivity index (χ0) is 34.7. The van der Waals surface area contributed by atoms with E-state index in [9.17, 15) is 35.9 Å². The van der Waals surface area contributed by atoms with Crippen LogP contribution in [-0.2, 0) is 23.5 Å². The Balaban J connectivity index is 1.58. The van der Waals surface area contributed by atoms with Crippen LogP contribution in [0.15, 0.2) is 58.5 Å². The third-order valence-corrected chi connectivity index (χ3v) is 15.3. The van der Waals surface area contributed by atoms with E-state index in [1.54, 1.807) is 39.1 Å². The predicted molar refractivity (Wildman–Crippen MR) is 170 cm³/mol. The van der Waals surface area contributed by atoms with Gasteiger partial charge in [-0.1, -0.05) is 0 Å². The molecule has 13 heteroatoms. The number of hydrogen-bond acceptors (Lipinski definition) is 4. The van der Waals surface area contributed by atoms with E-state index in [4.69, 9.17) is 4.74 Å². The van der Waals surface area contributed by atoms with Crippen molar-refractivity contribution in [2.75, 3.05) is 13.1 Å². The van der Waals surface area contributed by atoms with E-state index in [-0.39, 0.29) is 25.1 Å². The summed E-state index contributed by atoms with van der Waals surface area (Å²) in [6, 6.07) is 7.46. The first-order chi connectivity index (χ1) is 21.6. The van der Waals surface area contributed by atoms with Gasteiger partial charge < -0.3 is 0 Å².